The molecule has 3 aromatic carbocycles. The average molecular weight is 622 g/mol. The standard InChI is InChI=1S/C33H27N5O4S2/c34-17-21-15-20-16-22(10-11-23(20)21)42-14-4-9-28-29(31(40)41)36-33(44-28)38-13-12-19-5-3-6-24(25(19)18-38)30(39)37-32-35-26-7-1-2-8-27(26)43-32/h1-3,5-8,10-11,16,21H,4,9,12-15,18H2,(H,40,41)(H,35,37,39). The molecule has 7 rings (SSSR count). The Kier molecular flexibility index (Phi) is 7.46. The summed E-state index contributed by atoms with van der Waals surface area (Å²) >= 11 is 2.83. The Morgan fingerprint density at radius 1 is 1.09 bits per heavy atom. The van der Waals surface area contributed by atoms with Crippen LogP contribution in [0.2, 0.25) is 0 Å². The molecule has 1 aliphatic heterocycles. The summed E-state index contributed by atoms with van der Waals surface area (Å²) in [5.41, 5.74) is 5.74. The number of amides is 1. The Bertz CT molecular complexity index is 1930. The van der Waals surface area contributed by atoms with E-state index in [4.69, 9.17) is 10.00 Å². The molecule has 2 aromatic heterocycles. The number of nitriles is 1. The minimum atomic E-state index is -1.05. The van der Waals surface area contributed by atoms with Gasteiger partial charge in [-0.1, -0.05) is 41.7 Å². The lowest BCUT2D eigenvalue weighted by Gasteiger charge is -2.29. The highest BCUT2D eigenvalue weighted by Crippen LogP contribution is 2.37. The zero-order valence-corrected chi connectivity index (χ0v) is 25.2. The number of rotatable bonds is 9. The summed E-state index contributed by atoms with van der Waals surface area (Å²) in [5.74, 6) is -0.522. The van der Waals surface area contributed by atoms with Gasteiger partial charge in [0.1, 0.15) is 5.75 Å². The SMILES string of the molecule is N#CC1Cc2cc(OCCCc3sc(N4CCc5cccc(C(=O)Nc6nc7ccccc7s6)c5C4)nc3C(=O)O)ccc21. The fraction of sp³-hybridized carbons (Fsp3) is 0.242. The summed E-state index contributed by atoms with van der Waals surface area (Å²) in [4.78, 5) is 37.3. The van der Waals surface area contributed by atoms with E-state index in [1.807, 2.05) is 60.7 Å². The summed E-state index contributed by atoms with van der Waals surface area (Å²) in [5, 5.41) is 23.2. The van der Waals surface area contributed by atoms with Crippen molar-refractivity contribution in [2.24, 2.45) is 0 Å². The third-order valence-corrected chi connectivity index (χ3v) is 10.2. The van der Waals surface area contributed by atoms with E-state index >= 15 is 0 Å². The number of nitrogens with one attached hydrogen (secondary N) is 1. The molecule has 1 aliphatic carbocycles. The number of benzene rings is 3. The number of hydrogen-bond donors (Lipinski definition) is 2. The number of carboxylic acids is 1. The predicted octanol–water partition coefficient (Wildman–Crippen LogP) is 6.44. The highest BCUT2D eigenvalue weighted by molar-refractivity contribution is 7.22. The van der Waals surface area contributed by atoms with Crippen LogP contribution >= 0.6 is 22.7 Å². The molecule has 0 fully saturated rings. The molecule has 3 heterocycles. The number of fused-ring (bicyclic) bond motifs is 3. The van der Waals surface area contributed by atoms with Gasteiger partial charge in [-0.05, 0) is 78.3 Å². The smallest absolute Gasteiger partial charge is 0.355 e. The molecule has 9 nitrogen and oxygen atoms in total. The van der Waals surface area contributed by atoms with Gasteiger partial charge in [0.2, 0.25) is 0 Å². The van der Waals surface area contributed by atoms with Crippen LogP contribution < -0.4 is 15.0 Å². The Morgan fingerprint density at radius 3 is 2.80 bits per heavy atom. The number of carbonyl (C=O) groups excluding carboxylic acids is 1. The van der Waals surface area contributed by atoms with E-state index < -0.39 is 5.97 Å². The van der Waals surface area contributed by atoms with Crippen molar-refractivity contribution in [2.75, 3.05) is 23.4 Å². The molecule has 0 bridgehead atoms. The number of nitrogens with zero attached hydrogens (tertiary/aromatic N) is 4. The van der Waals surface area contributed by atoms with Crippen molar-refractivity contribution in [3.63, 3.8) is 0 Å². The molecule has 0 spiro atoms. The molecule has 44 heavy (non-hydrogen) atoms. The number of para-hydroxylation sites is 1. The summed E-state index contributed by atoms with van der Waals surface area (Å²) in [6, 6.07) is 21.6. The van der Waals surface area contributed by atoms with Gasteiger partial charge >= 0.3 is 5.97 Å². The van der Waals surface area contributed by atoms with Crippen LogP contribution in [0.5, 0.6) is 5.75 Å². The molecule has 220 valence electrons. The van der Waals surface area contributed by atoms with Crippen LogP contribution in [-0.2, 0) is 25.8 Å². The second kappa shape index (κ2) is 11.7. The number of thiazole rings is 2. The van der Waals surface area contributed by atoms with Crippen LogP contribution in [-0.4, -0.2) is 40.1 Å². The van der Waals surface area contributed by atoms with Crippen molar-refractivity contribution in [3.8, 4) is 11.8 Å². The number of hydrogen-bond acceptors (Lipinski definition) is 9. The van der Waals surface area contributed by atoms with E-state index in [9.17, 15) is 14.7 Å². The number of ether oxygens (including phenoxy) is 1. The number of anilines is 2. The minimum Gasteiger partial charge on any atom is -0.494 e. The highest BCUT2D eigenvalue weighted by Gasteiger charge is 2.28. The normalized spacial score (nSPS) is 15.2. The van der Waals surface area contributed by atoms with Crippen molar-refractivity contribution in [1.29, 1.82) is 5.26 Å². The average Bonchev–Trinajstić information content (AvgIpc) is 3.64. The predicted molar refractivity (Wildman–Crippen MR) is 170 cm³/mol. The highest BCUT2D eigenvalue weighted by atomic mass is 32.1. The lowest BCUT2D eigenvalue weighted by molar-refractivity contribution is 0.0690. The van der Waals surface area contributed by atoms with E-state index in [0.29, 0.717) is 53.2 Å². The molecule has 2 aliphatic rings. The maximum Gasteiger partial charge on any atom is 0.355 e. The van der Waals surface area contributed by atoms with Crippen LogP contribution in [0.25, 0.3) is 10.2 Å². The second-order valence-electron chi connectivity index (χ2n) is 10.8. The monoisotopic (exact) mass is 621 g/mol. The molecule has 0 saturated heterocycles. The van der Waals surface area contributed by atoms with Gasteiger partial charge < -0.3 is 14.7 Å². The molecule has 1 atom stereocenters. The second-order valence-corrected chi connectivity index (χ2v) is 12.9. The third-order valence-electron chi connectivity index (χ3n) is 8.08. The van der Waals surface area contributed by atoms with E-state index in [1.165, 1.54) is 22.7 Å². The number of carbonyl (C=O) groups is 2. The van der Waals surface area contributed by atoms with Crippen molar-refractivity contribution in [3.05, 3.63) is 99.1 Å². The molecule has 1 unspecified atom stereocenters. The van der Waals surface area contributed by atoms with Gasteiger partial charge in [0, 0.05) is 23.5 Å². The van der Waals surface area contributed by atoms with Crippen LogP contribution in [0.4, 0.5) is 10.3 Å². The van der Waals surface area contributed by atoms with Crippen molar-refractivity contribution in [1.82, 2.24) is 9.97 Å². The first-order chi connectivity index (χ1) is 21.5. The summed E-state index contributed by atoms with van der Waals surface area (Å²) in [6.45, 7) is 1.58. The first-order valence-electron chi connectivity index (χ1n) is 14.4. The Morgan fingerprint density at radius 2 is 1.98 bits per heavy atom. The summed E-state index contributed by atoms with van der Waals surface area (Å²) in [6.07, 6.45) is 2.64. The molecular formula is C33H27N5O4S2. The first-order valence-corrected chi connectivity index (χ1v) is 16.0. The fourth-order valence-electron chi connectivity index (χ4n) is 5.78. The zero-order valence-electron chi connectivity index (χ0n) is 23.6. The van der Waals surface area contributed by atoms with Gasteiger partial charge in [-0.2, -0.15) is 5.26 Å². The maximum absolute atomic E-state index is 13.4. The number of aromatic nitrogens is 2. The van der Waals surface area contributed by atoms with Gasteiger partial charge in [0.25, 0.3) is 5.91 Å². The summed E-state index contributed by atoms with van der Waals surface area (Å²) in [7, 11) is 0. The molecule has 0 saturated carbocycles. The van der Waals surface area contributed by atoms with Gasteiger partial charge in [0.05, 0.1) is 28.8 Å². The van der Waals surface area contributed by atoms with E-state index in [2.05, 4.69) is 26.3 Å². The molecule has 1 amide bonds. The quantitative estimate of drug-likeness (QED) is 0.180. The van der Waals surface area contributed by atoms with Crippen molar-refractivity contribution >= 4 is 55.0 Å². The summed E-state index contributed by atoms with van der Waals surface area (Å²) < 4.78 is 6.93. The van der Waals surface area contributed by atoms with Crippen LogP contribution in [0.15, 0.2) is 60.7 Å². The van der Waals surface area contributed by atoms with Gasteiger partial charge in [0.15, 0.2) is 16.0 Å². The maximum atomic E-state index is 13.4. The molecule has 11 heteroatoms. The van der Waals surface area contributed by atoms with Gasteiger partial charge in [-0.15, -0.1) is 11.3 Å². The third kappa shape index (κ3) is 5.38. The number of carboxylic acid groups (broad SMARTS) is 1. The van der Waals surface area contributed by atoms with Crippen molar-refractivity contribution in [2.45, 2.75) is 38.1 Å². The Hall–Kier alpha value is -4.79. The lowest BCUT2D eigenvalue weighted by atomic mass is 9.78. The molecular weight excluding hydrogens is 595 g/mol. The van der Waals surface area contributed by atoms with Crippen LogP contribution in [0, 0.1) is 11.3 Å². The minimum absolute atomic E-state index is 0.0180. The van der Waals surface area contributed by atoms with Gasteiger partial charge in [-0.25, -0.2) is 14.8 Å². The molecule has 5 aromatic rings. The van der Waals surface area contributed by atoms with E-state index in [1.54, 1.807) is 0 Å². The van der Waals surface area contributed by atoms with Crippen LogP contribution in [0.1, 0.15) is 60.3 Å². The first kappa shape index (κ1) is 28.0. The van der Waals surface area contributed by atoms with Crippen molar-refractivity contribution < 1.29 is 19.4 Å². The zero-order chi connectivity index (χ0) is 30.2. The Balaban J connectivity index is 1.03. The van der Waals surface area contributed by atoms with Gasteiger partial charge in [-0.3, -0.25) is 10.1 Å². The topological polar surface area (TPSA) is 128 Å². The number of aryl methyl sites for hydroxylation is 1. The molecule has 2 N–H and O–H groups in total. The van der Waals surface area contributed by atoms with E-state index in [0.717, 1.165) is 51.1 Å². The largest absolute Gasteiger partial charge is 0.494 e. The number of aromatic carboxylic acids is 1. The van der Waals surface area contributed by atoms with E-state index in [-0.39, 0.29) is 17.5 Å². The molecule has 0 radical (unpaired) electrons. The Labute approximate surface area is 261 Å². The lowest BCUT2D eigenvalue weighted by Crippen LogP contribution is -2.32. The fourth-order valence-corrected chi connectivity index (χ4v) is 7.76. The van der Waals surface area contributed by atoms with Crippen LogP contribution in [0.3, 0.4) is 0 Å².